The van der Waals surface area contributed by atoms with E-state index in [9.17, 15) is 14.4 Å². The molecule has 1 N–H and O–H groups in total. The Kier molecular flexibility index (Phi) is 6.32. The predicted octanol–water partition coefficient (Wildman–Crippen LogP) is 6.07. The Bertz CT molecular complexity index is 1280. The number of halogens is 2. The minimum Gasteiger partial charge on any atom is -0.362 e. The number of urea groups is 1. The van der Waals surface area contributed by atoms with Gasteiger partial charge in [0.1, 0.15) is 5.57 Å². The van der Waals surface area contributed by atoms with Crippen LogP contribution >= 0.6 is 23.2 Å². The van der Waals surface area contributed by atoms with Gasteiger partial charge in [0.15, 0.2) is 0 Å². The van der Waals surface area contributed by atoms with Crippen LogP contribution in [0.3, 0.4) is 0 Å². The average Bonchev–Trinajstić information content (AvgIpc) is 2.74. The lowest BCUT2D eigenvalue weighted by atomic mass is 9.87. The summed E-state index contributed by atoms with van der Waals surface area (Å²) in [4.78, 5) is 41.5. The van der Waals surface area contributed by atoms with Gasteiger partial charge < -0.3 is 4.90 Å². The van der Waals surface area contributed by atoms with Crippen LogP contribution in [0.25, 0.3) is 11.6 Å². The molecule has 0 saturated carbocycles. The second-order valence-electron chi connectivity index (χ2n) is 8.96. The Hall–Kier alpha value is -3.09. The van der Waals surface area contributed by atoms with Gasteiger partial charge in [-0.25, -0.2) is 9.69 Å². The second-order valence-corrected chi connectivity index (χ2v) is 9.80. The Morgan fingerprint density at radius 3 is 2.50 bits per heavy atom. The summed E-state index contributed by atoms with van der Waals surface area (Å²) in [6.07, 6.45) is 4.61. The van der Waals surface area contributed by atoms with Crippen LogP contribution in [0.4, 0.5) is 16.2 Å². The molecule has 2 aromatic rings. The van der Waals surface area contributed by atoms with E-state index in [2.05, 4.69) is 37.1 Å². The fraction of sp³-hybridized carbons (Fsp3) is 0.269. The second kappa shape index (κ2) is 8.93. The summed E-state index contributed by atoms with van der Waals surface area (Å²) in [6.45, 7) is 9.34. The van der Waals surface area contributed by atoms with Crippen molar-refractivity contribution in [3.8, 4) is 0 Å². The van der Waals surface area contributed by atoms with Crippen LogP contribution in [0.1, 0.15) is 45.2 Å². The molecule has 6 nitrogen and oxygen atoms in total. The highest BCUT2D eigenvalue weighted by molar-refractivity contribution is 6.40. The zero-order valence-corrected chi connectivity index (χ0v) is 20.9. The van der Waals surface area contributed by atoms with Gasteiger partial charge in [-0.15, -0.1) is 0 Å². The zero-order chi connectivity index (χ0) is 24.8. The molecule has 2 aromatic carbocycles. The third-order valence-corrected chi connectivity index (χ3v) is 6.57. The molecule has 4 amide bonds. The Labute approximate surface area is 208 Å². The molecule has 2 aliphatic heterocycles. The van der Waals surface area contributed by atoms with E-state index in [-0.39, 0.29) is 16.8 Å². The molecule has 2 heterocycles. The van der Waals surface area contributed by atoms with Gasteiger partial charge in [0.25, 0.3) is 11.8 Å². The number of nitrogens with one attached hydrogen (secondary N) is 1. The maximum atomic E-state index is 13.2. The molecule has 1 fully saturated rings. The maximum absolute atomic E-state index is 13.2. The summed E-state index contributed by atoms with van der Waals surface area (Å²) in [5.41, 5.74) is 3.49. The average molecular weight is 498 g/mol. The molecule has 34 heavy (non-hydrogen) atoms. The van der Waals surface area contributed by atoms with Gasteiger partial charge >= 0.3 is 6.03 Å². The van der Waals surface area contributed by atoms with E-state index in [1.165, 1.54) is 12.1 Å². The van der Waals surface area contributed by atoms with Gasteiger partial charge in [0.2, 0.25) is 0 Å². The molecular formula is C26H25Cl2N3O3. The highest BCUT2D eigenvalue weighted by Gasteiger charge is 2.37. The lowest BCUT2D eigenvalue weighted by Gasteiger charge is -2.43. The molecule has 0 aromatic heterocycles. The molecule has 0 bridgehead atoms. The van der Waals surface area contributed by atoms with Gasteiger partial charge in [-0.2, -0.15) is 0 Å². The number of benzene rings is 2. The maximum Gasteiger partial charge on any atom is 0.335 e. The van der Waals surface area contributed by atoms with Crippen LogP contribution in [0.5, 0.6) is 0 Å². The molecule has 0 aliphatic carbocycles. The number of carbonyl (C=O) groups is 3. The Morgan fingerprint density at radius 1 is 1.09 bits per heavy atom. The van der Waals surface area contributed by atoms with E-state index in [0.29, 0.717) is 15.6 Å². The van der Waals surface area contributed by atoms with Crippen LogP contribution in [0.15, 0.2) is 48.0 Å². The quantitative estimate of drug-likeness (QED) is 0.410. The number of anilines is 2. The zero-order valence-electron chi connectivity index (χ0n) is 19.4. The van der Waals surface area contributed by atoms with E-state index in [0.717, 1.165) is 34.7 Å². The number of carbonyl (C=O) groups excluding carboxylic acids is 3. The topological polar surface area (TPSA) is 69.7 Å². The number of amides is 4. The van der Waals surface area contributed by atoms with Crippen molar-refractivity contribution >= 4 is 64.1 Å². The van der Waals surface area contributed by atoms with Crippen LogP contribution in [0.2, 0.25) is 10.0 Å². The van der Waals surface area contributed by atoms with Gasteiger partial charge in [0, 0.05) is 27.8 Å². The number of imide groups is 2. The number of nitrogens with zero attached hydrogens (tertiary/aromatic N) is 2. The van der Waals surface area contributed by atoms with E-state index in [4.69, 9.17) is 23.2 Å². The largest absolute Gasteiger partial charge is 0.362 e. The summed E-state index contributed by atoms with van der Waals surface area (Å²) in [5.74, 6) is -1.52. The summed E-state index contributed by atoms with van der Waals surface area (Å²) in [7, 11) is 0. The SMILES string of the molecule is CCCN1c2cc(Cl)c(/C=C3/C(=O)NC(=O)N(c4cccc(Cl)c4)C3=O)cc2C(C)=CC1(C)C. The van der Waals surface area contributed by atoms with Crippen LogP contribution in [-0.4, -0.2) is 29.9 Å². The first kappa shape index (κ1) is 24.0. The molecular weight excluding hydrogens is 473 g/mol. The summed E-state index contributed by atoms with van der Waals surface area (Å²) in [6, 6.07) is 9.24. The minimum absolute atomic E-state index is 0.173. The molecule has 1 saturated heterocycles. The van der Waals surface area contributed by atoms with E-state index >= 15 is 0 Å². The lowest BCUT2D eigenvalue weighted by molar-refractivity contribution is -0.122. The summed E-state index contributed by atoms with van der Waals surface area (Å²) >= 11 is 12.7. The first-order valence-corrected chi connectivity index (χ1v) is 11.8. The monoisotopic (exact) mass is 497 g/mol. The Balaban J connectivity index is 1.79. The number of hydrogen-bond acceptors (Lipinski definition) is 4. The van der Waals surface area contributed by atoms with Gasteiger partial charge in [-0.05, 0) is 74.7 Å². The predicted molar refractivity (Wildman–Crippen MR) is 137 cm³/mol. The molecule has 0 radical (unpaired) electrons. The van der Waals surface area contributed by atoms with Crippen molar-refractivity contribution in [1.29, 1.82) is 0 Å². The van der Waals surface area contributed by atoms with Crippen LogP contribution in [0, 0.1) is 0 Å². The van der Waals surface area contributed by atoms with E-state index < -0.39 is 17.8 Å². The van der Waals surface area contributed by atoms with Gasteiger partial charge in [-0.1, -0.05) is 42.3 Å². The lowest BCUT2D eigenvalue weighted by Crippen LogP contribution is -2.54. The third kappa shape index (κ3) is 4.24. The number of barbiturate groups is 1. The van der Waals surface area contributed by atoms with Crippen LogP contribution < -0.4 is 15.1 Å². The van der Waals surface area contributed by atoms with Crippen molar-refractivity contribution in [3.63, 3.8) is 0 Å². The number of fused-ring (bicyclic) bond motifs is 1. The molecule has 8 heteroatoms. The highest BCUT2D eigenvalue weighted by Crippen LogP contribution is 2.42. The molecule has 2 aliphatic rings. The van der Waals surface area contributed by atoms with Crippen molar-refractivity contribution in [2.45, 2.75) is 39.7 Å². The van der Waals surface area contributed by atoms with Crippen molar-refractivity contribution < 1.29 is 14.4 Å². The van der Waals surface area contributed by atoms with Crippen LogP contribution in [-0.2, 0) is 9.59 Å². The fourth-order valence-electron chi connectivity index (χ4n) is 4.52. The standard InChI is InChI=1S/C26H25Cl2N3O3/c1-5-9-30-22-13-21(28)16(10-19(22)15(2)14-26(30,3)4)11-20-23(32)29-25(34)31(24(20)33)18-8-6-7-17(27)12-18/h6-8,10-14H,5,9H2,1-4H3,(H,29,32,34)/b20-11-. The molecule has 0 spiro atoms. The molecule has 0 unspecified atom stereocenters. The molecule has 4 rings (SSSR count). The van der Waals surface area contributed by atoms with Gasteiger partial charge in [-0.3, -0.25) is 14.9 Å². The third-order valence-electron chi connectivity index (χ3n) is 6.01. The first-order chi connectivity index (χ1) is 16.0. The van der Waals surface area contributed by atoms with Gasteiger partial charge in [0.05, 0.1) is 11.2 Å². The normalized spacial score (nSPS) is 18.7. The molecule has 176 valence electrons. The van der Waals surface area contributed by atoms with Crippen molar-refractivity contribution in [2.75, 3.05) is 16.3 Å². The van der Waals surface area contributed by atoms with Crippen molar-refractivity contribution in [3.05, 3.63) is 69.2 Å². The summed E-state index contributed by atoms with van der Waals surface area (Å²) in [5, 5.41) is 2.99. The van der Waals surface area contributed by atoms with E-state index in [1.54, 1.807) is 18.2 Å². The van der Waals surface area contributed by atoms with E-state index in [1.807, 2.05) is 19.1 Å². The fourth-order valence-corrected chi connectivity index (χ4v) is 4.92. The number of allylic oxidation sites excluding steroid dienone is 1. The Morgan fingerprint density at radius 2 is 1.82 bits per heavy atom. The minimum atomic E-state index is -0.831. The van der Waals surface area contributed by atoms with Crippen molar-refractivity contribution in [1.82, 2.24) is 5.32 Å². The highest BCUT2D eigenvalue weighted by atomic mass is 35.5. The number of rotatable bonds is 4. The van der Waals surface area contributed by atoms with Crippen molar-refractivity contribution in [2.24, 2.45) is 0 Å². The molecule has 0 atom stereocenters. The smallest absolute Gasteiger partial charge is 0.335 e. The summed E-state index contributed by atoms with van der Waals surface area (Å²) < 4.78 is 0. The first-order valence-electron chi connectivity index (χ1n) is 11.0. The number of hydrogen-bond donors (Lipinski definition) is 1.